The summed E-state index contributed by atoms with van der Waals surface area (Å²) in [5.41, 5.74) is -0.564. The third kappa shape index (κ3) is 5.69. The van der Waals surface area contributed by atoms with Crippen LogP contribution in [0.15, 0.2) is 35.4 Å². The molecule has 2 aliphatic rings. The lowest BCUT2D eigenvalue weighted by Crippen LogP contribution is -2.49. The Morgan fingerprint density at radius 1 is 1.11 bits per heavy atom. The molecule has 13 heteroatoms. The lowest BCUT2D eigenvalue weighted by Gasteiger charge is -2.32. The van der Waals surface area contributed by atoms with E-state index in [-0.39, 0.29) is 40.3 Å². The fourth-order valence-electron chi connectivity index (χ4n) is 4.21. The molecule has 8 nitrogen and oxygen atoms in total. The van der Waals surface area contributed by atoms with Gasteiger partial charge in [0.1, 0.15) is 23.4 Å². The van der Waals surface area contributed by atoms with Crippen molar-refractivity contribution in [2.24, 2.45) is 5.10 Å². The zero-order chi connectivity index (χ0) is 27.1. The molecule has 37 heavy (non-hydrogen) atoms. The van der Waals surface area contributed by atoms with Crippen LogP contribution in [0.25, 0.3) is 0 Å². The summed E-state index contributed by atoms with van der Waals surface area (Å²) >= 11 is 5.87. The van der Waals surface area contributed by atoms with Crippen molar-refractivity contribution in [3.8, 4) is 0 Å². The Labute approximate surface area is 216 Å². The maximum Gasteiger partial charge on any atom is 0.416 e. The van der Waals surface area contributed by atoms with Crippen molar-refractivity contribution in [1.29, 1.82) is 0 Å². The number of pyridine rings is 1. The molecule has 198 valence electrons. The van der Waals surface area contributed by atoms with E-state index in [9.17, 15) is 27.2 Å². The van der Waals surface area contributed by atoms with Crippen LogP contribution in [0.4, 0.5) is 29.1 Å². The van der Waals surface area contributed by atoms with Gasteiger partial charge in [-0.25, -0.2) is 14.4 Å². The third-order valence-electron chi connectivity index (χ3n) is 6.36. The summed E-state index contributed by atoms with van der Waals surface area (Å²) < 4.78 is 54.2. The Balaban J connectivity index is 1.70. The molecule has 0 bridgehead atoms. The maximum absolute atomic E-state index is 13.7. The average Bonchev–Trinajstić information content (AvgIpc) is 3.29. The first kappa shape index (κ1) is 26.8. The minimum atomic E-state index is -4.65. The highest BCUT2D eigenvalue weighted by Crippen LogP contribution is 2.34. The first-order valence-corrected chi connectivity index (χ1v) is 11.9. The van der Waals surface area contributed by atoms with Gasteiger partial charge in [0.25, 0.3) is 11.8 Å². The average molecular weight is 541 g/mol. The van der Waals surface area contributed by atoms with Gasteiger partial charge in [-0.1, -0.05) is 11.6 Å². The Bertz CT molecular complexity index is 1250. The van der Waals surface area contributed by atoms with E-state index in [0.29, 0.717) is 26.2 Å². The van der Waals surface area contributed by atoms with Crippen molar-refractivity contribution < 1.29 is 27.2 Å². The van der Waals surface area contributed by atoms with Crippen LogP contribution in [0.5, 0.6) is 0 Å². The smallest absolute Gasteiger partial charge is 0.335 e. The molecule has 0 spiro atoms. The molecule has 1 fully saturated rings. The summed E-state index contributed by atoms with van der Waals surface area (Å²) in [4.78, 5) is 35.9. The standard InChI is InChI=1S/C24H25ClF4N6O2/c1-14-10-15(24(27,28)29)11-21(30-14)35-20(23(37)33(3)16-4-5-18(26)17(25)12-16)13-19(31-35)22(36)34-8-6-32(2)7-9-34/h4-5,10-12,20H,6-9,13H2,1-3H3. The molecule has 1 atom stereocenters. The van der Waals surface area contributed by atoms with Crippen LogP contribution < -0.4 is 9.91 Å². The Morgan fingerprint density at radius 3 is 2.41 bits per heavy atom. The zero-order valence-electron chi connectivity index (χ0n) is 20.4. The molecule has 0 saturated carbocycles. The Hall–Kier alpha value is -3.25. The number of hydrogen-bond donors (Lipinski definition) is 0. The number of halogens is 5. The number of benzene rings is 1. The third-order valence-corrected chi connectivity index (χ3v) is 6.65. The molecule has 2 aliphatic heterocycles. The number of carbonyl (C=O) groups excluding carboxylic acids is 2. The highest BCUT2D eigenvalue weighted by atomic mass is 35.5. The number of aryl methyl sites for hydroxylation is 1. The maximum atomic E-state index is 13.7. The number of aromatic nitrogens is 1. The predicted octanol–water partition coefficient (Wildman–Crippen LogP) is 3.57. The number of hydrogen-bond acceptors (Lipinski definition) is 6. The highest BCUT2D eigenvalue weighted by molar-refractivity contribution is 6.40. The van der Waals surface area contributed by atoms with Crippen molar-refractivity contribution in [2.45, 2.75) is 25.6 Å². The van der Waals surface area contributed by atoms with Gasteiger partial charge >= 0.3 is 6.18 Å². The van der Waals surface area contributed by atoms with Crippen molar-refractivity contribution in [3.05, 3.63) is 52.4 Å². The molecule has 1 aromatic carbocycles. The molecule has 3 heterocycles. The second kappa shape index (κ2) is 10.3. The van der Waals surface area contributed by atoms with Gasteiger partial charge in [0.05, 0.1) is 10.6 Å². The van der Waals surface area contributed by atoms with Crippen molar-refractivity contribution >= 4 is 40.6 Å². The summed E-state index contributed by atoms with van der Waals surface area (Å²) in [6.07, 6.45) is -4.79. The second-order valence-corrected chi connectivity index (χ2v) is 9.46. The number of alkyl halides is 3. The van der Waals surface area contributed by atoms with Gasteiger partial charge in [0.15, 0.2) is 0 Å². The number of piperazine rings is 1. The van der Waals surface area contributed by atoms with E-state index in [0.717, 1.165) is 23.2 Å². The van der Waals surface area contributed by atoms with Gasteiger partial charge in [0.2, 0.25) is 0 Å². The molecule has 0 aliphatic carbocycles. The van der Waals surface area contributed by atoms with E-state index >= 15 is 0 Å². The number of amides is 2. The minimum Gasteiger partial charge on any atom is -0.335 e. The summed E-state index contributed by atoms with van der Waals surface area (Å²) in [5, 5.41) is 5.18. The Kier molecular flexibility index (Phi) is 7.43. The molecular weight excluding hydrogens is 516 g/mol. The van der Waals surface area contributed by atoms with Crippen LogP contribution in [0.1, 0.15) is 17.7 Å². The van der Waals surface area contributed by atoms with Crippen molar-refractivity contribution in [3.63, 3.8) is 0 Å². The summed E-state index contributed by atoms with van der Waals surface area (Å²) in [7, 11) is 3.36. The summed E-state index contributed by atoms with van der Waals surface area (Å²) in [5.74, 6) is -1.84. The predicted molar refractivity (Wildman–Crippen MR) is 131 cm³/mol. The zero-order valence-corrected chi connectivity index (χ0v) is 21.1. The summed E-state index contributed by atoms with van der Waals surface area (Å²) in [6.45, 7) is 3.64. The number of carbonyl (C=O) groups is 2. The van der Waals surface area contributed by atoms with E-state index in [2.05, 4.69) is 15.0 Å². The quantitative estimate of drug-likeness (QED) is 0.555. The fourth-order valence-corrected chi connectivity index (χ4v) is 4.39. The lowest BCUT2D eigenvalue weighted by molar-refractivity contribution is -0.137. The highest BCUT2D eigenvalue weighted by Gasteiger charge is 2.41. The van der Waals surface area contributed by atoms with Gasteiger partial charge in [-0.15, -0.1) is 0 Å². The molecule has 0 radical (unpaired) electrons. The largest absolute Gasteiger partial charge is 0.416 e. The molecular formula is C24H25ClF4N6O2. The van der Waals surface area contributed by atoms with Crippen molar-refractivity contribution in [1.82, 2.24) is 14.8 Å². The van der Waals surface area contributed by atoms with Crippen LogP contribution in [-0.4, -0.2) is 78.6 Å². The van der Waals surface area contributed by atoms with Crippen LogP contribution in [0, 0.1) is 12.7 Å². The number of nitrogens with zero attached hydrogens (tertiary/aromatic N) is 6. The molecule has 1 unspecified atom stereocenters. The topological polar surface area (TPSA) is 72.4 Å². The van der Waals surface area contributed by atoms with E-state index in [4.69, 9.17) is 11.6 Å². The number of likely N-dealkylation sites (N-methyl/N-ethyl adjacent to an activating group) is 2. The normalized spacial score (nSPS) is 18.7. The number of anilines is 2. The van der Waals surface area contributed by atoms with E-state index in [1.807, 2.05) is 7.05 Å². The fraction of sp³-hybridized carbons (Fsp3) is 0.417. The van der Waals surface area contributed by atoms with Crippen LogP contribution in [0.3, 0.4) is 0 Å². The van der Waals surface area contributed by atoms with Gasteiger partial charge < -0.3 is 14.7 Å². The SMILES string of the molecule is Cc1cc(C(F)(F)F)cc(N2N=C(C(=O)N3CCN(C)CC3)CC2C(=O)N(C)c2ccc(F)c(Cl)c2)n1. The number of hydrazone groups is 1. The van der Waals surface area contributed by atoms with Gasteiger partial charge in [-0.05, 0) is 44.3 Å². The van der Waals surface area contributed by atoms with Gasteiger partial charge in [-0.3, -0.25) is 9.59 Å². The molecule has 1 aromatic heterocycles. The molecule has 4 rings (SSSR count). The summed E-state index contributed by atoms with van der Waals surface area (Å²) in [6, 6.07) is 4.25. The van der Waals surface area contributed by atoms with E-state index < -0.39 is 29.5 Å². The Morgan fingerprint density at radius 2 is 1.78 bits per heavy atom. The van der Waals surface area contributed by atoms with Gasteiger partial charge in [-0.2, -0.15) is 18.3 Å². The second-order valence-electron chi connectivity index (χ2n) is 9.06. The van der Waals surface area contributed by atoms with Crippen LogP contribution >= 0.6 is 11.6 Å². The minimum absolute atomic E-state index is 0.0466. The van der Waals surface area contributed by atoms with Crippen LogP contribution in [0.2, 0.25) is 5.02 Å². The first-order chi connectivity index (χ1) is 17.3. The molecule has 2 aromatic rings. The lowest BCUT2D eigenvalue weighted by atomic mass is 10.1. The van der Waals surface area contributed by atoms with Crippen molar-refractivity contribution in [2.75, 3.05) is 50.2 Å². The van der Waals surface area contributed by atoms with Gasteiger partial charge in [0, 0.05) is 51.0 Å². The van der Waals surface area contributed by atoms with E-state index in [1.165, 1.54) is 31.0 Å². The molecule has 1 saturated heterocycles. The van der Waals surface area contributed by atoms with E-state index in [1.54, 1.807) is 4.90 Å². The van der Waals surface area contributed by atoms with Crippen LogP contribution in [-0.2, 0) is 15.8 Å². The first-order valence-electron chi connectivity index (χ1n) is 11.5. The number of rotatable bonds is 4. The molecule has 2 amide bonds. The molecule has 0 N–H and O–H groups in total. The monoisotopic (exact) mass is 540 g/mol.